The van der Waals surface area contributed by atoms with E-state index in [0.717, 1.165) is 4.47 Å². The van der Waals surface area contributed by atoms with Crippen LogP contribution in [0.15, 0.2) is 35.1 Å². The molecule has 18 heavy (non-hydrogen) atoms. The van der Waals surface area contributed by atoms with Gasteiger partial charge in [-0.25, -0.2) is 9.97 Å². The molecule has 1 aromatic heterocycles. The zero-order valence-corrected chi connectivity index (χ0v) is 11.1. The van der Waals surface area contributed by atoms with Gasteiger partial charge in [0.05, 0.1) is 7.11 Å². The van der Waals surface area contributed by atoms with Gasteiger partial charge in [0.25, 0.3) is 0 Å². The minimum absolute atomic E-state index is 0.164. The molecule has 1 aromatic carbocycles. The number of halogens is 1. The summed E-state index contributed by atoms with van der Waals surface area (Å²) in [5.41, 5.74) is 6.79. The van der Waals surface area contributed by atoms with Crippen LogP contribution in [0.2, 0.25) is 0 Å². The maximum atomic E-state index is 12.3. The van der Waals surface area contributed by atoms with E-state index in [1.165, 1.54) is 19.5 Å². The largest absolute Gasteiger partial charge is 0.479 e. The third kappa shape index (κ3) is 2.48. The Hall–Kier alpha value is -1.95. The highest BCUT2D eigenvalue weighted by Gasteiger charge is 2.17. The van der Waals surface area contributed by atoms with Crippen molar-refractivity contribution in [2.45, 2.75) is 0 Å². The first kappa shape index (κ1) is 12.5. The standard InChI is InChI=1S/C12H10BrN3O2/c1-18-12-10(15-2-3-16-12)11(17)7-4-8(13)6-9(14)5-7/h2-6H,14H2,1H3. The number of hydrogen-bond donors (Lipinski definition) is 1. The Labute approximate surface area is 112 Å². The number of ketones is 1. The summed E-state index contributed by atoms with van der Waals surface area (Å²) in [5.74, 6) is -0.0889. The summed E-state index contributed by atoms with van der Waals surface area (Å²) >= 11 is 3.29. The maximum Gasteiger partial charge on any atom is 0.243 e. The zero-order valence-electron chi connectivity index (χ0n) is 9.55. The highest BCUT2D eigenvalue weighted by atomic mass is 79.9. The van der Waals surface area contributed by atoms with Crippen LogP contribution in [0.25, 0.3) is 0 Å². The van der Waals surface area contributed by atoms with E-state index in [2.05, 4.69) is 25.9 Å². The lowest BCUT2D eigenvalue weighted by molar-refractivity contribution is 0.103. The molecule has 5 nitrogen and oxygen atoms in total. The van der Waals surface area contributed by atoms with Gasteiger partial charge >= 0.3 is 0 Å². The highest BCUT2D eigenvalue weighted by molar-refractivity contribution is 9.10. The predicted octanol–water partition coefficient (Wildman–Crippen LogP) is 2.06. The van der Waals surface area contributed by atoms with E-state index in [9.17, 15) is 4.79 Å². The molecule has 0 aliphatic heterocycles. The zero-order chi connectivity index (χ0) is 13.1. The molecular formula is C12H10BrN3O2. The number of rotatable bonds is 3. The molecule has 0 unspecified atom stereocenters. The Morgan fingerprint density at radius 1 is 1.28 bits per heavy atom. The fourth-order valence-electron chi connectivity index (χ4n) is 1.51. The molecule has 0 aliphatic rings. The van der Waals surface area contributed by atoms with Crippen LogP contribution in [-0.2, 0) is 0 Å². The Morgan fingerprint density at radius 2 is 2.00 bits per heavy atom. The number of anilines is 1. The van der Waals surface area contributed by atoms with E-state index >= 15 is 0 Å². The molecule has 2 aromatic rings. The van der Waals surface area contributed by atoms with Crippen molar-refractivity contribution >= 4 is 27.4 Å². The summed E-state index contributed by atoms with van der Waals surface area (Å²) in [4.78, 5) is 20.2. The molecule has 0 saturated heterocycles. The average Bonchev–Trinajstić information content (AvgIpc) is 2.36. The Morgan fingerprint density at radius 3 is 2.67 bits per heavy atom. The van der Waals surface area contributed by atoms with Gasteiger partial charge in [0, 0.05) is 28.1 Å². The lowest BCUT2D eigenvalue weighted by Crippen LogP contribution is -2.08. The molecule has 92 valence electrons. The van der Waals surface area contributed by atoms with Crippen LogP contribution in [0, 0.1) is 0 Å². The van der Waals surface area contributed by atoms with Crippen molar-refractivity contribution in [1.29, 1.82) is 0 Å². The highest BCUT2D eigenvalue weighted by Crippen LogP contribution is 2.21. The molecule has 0 amide bonds. The second-order valence-corrected chi connectivity index (χ2v) is 4.43. The molecule has 0 saturated carbocycles. The van der Waals surface area contributed by atoms with Gasteiger partial charge in [-0.1, -0.05) is 15.9 Å². The van der Waals surface area contributed by atoms with Crippen LogP contribution in [-0.4, -0.2) is 22.9 Å². The molecule has 0 aliphatic carbocycles. The van der Waals surface area contributed by atoms with E-state index in [1.807, 2.05) is 0 Å². The minimum Gasteiger partial charge on any atom is -0.479 e. The fourth-order valence-corrected chi connectivity index (χ4v) is 2.02. The first-order valence-electron chi connectivity index (χ1n) is 5.07. The summed E-state index contributed by atoms with van der Waals surface area (Å²) in [6.07, 6.45) is 2.90. The van der Waals surface area contributed by atoms with E-state index in [0.29, 0.717) is 11.3 Å². The van der Waals surface area contributed by atoms with Crippen LogP contribution in [0.4, 0.5) is 5.69 Å². The van der Waals surface area contributed by atoms with Crippen molar-refractivity contribution < 1.29 is 9.53 Å². The van der Waals surface area contributed by atoms with Gasteiger partial charge in [-0.2, -0.15) is 0 Å². The van der Waals surface area contributed by atoms with E-state index in [1.54, 1.807) is 18.2 Å². The Balaban J connectivity index is 2.47. The summed E-state index contributed by atoms with van der Waals surface area (Å²) < 4.78 is 5.74. The number of hydrogen-bond acceptors (Lipinski definition) is 5. The Bertz CT molecular complexity index is 581. The van der Waals surface area contributed by atoms with Crippen molar-refractivity contribution in [2.75, 3.05) is 12.8 Å². The van der Waals surface area contributed by atoms with E-state index in [4.69, 9.17) is 10.5 Å². The smallest absolute Gasteiger partial charge is 0.243 e. The number of aromatic nitrogens is 2. The molecule has 0 spiro atoms. The molecule has 2 N–H and O–H groups in total. The van der Waals surface area contributed by atoms with E-state index in [-0.39, 0.29) is 17.4 Å². The number of nitrogens with zero attached hydrogens (tertiary/aromatic N) is 2. The summed E-state index contributed by atoms with van der Waals surface area (Å²) in [5, 5.41) is 0. The van der Waals surface area contributed by atoms with Gasteiger partial charge in [0.1, 0.15) is 0 Å². The van der Waals surface area contributed by atoms with Gasteiger partial charge in [-0.15, -0.1) is 0 Å². The van der Waals surface area contributed by atoms with Gasteiger partial charge in [0.15, 0.2) is 5.69 Å². The number of methoxy groups -OCH3 is 1. The lowest BCUT2D eigenvalue weighted by atomic mass is 10.1. The van der Waals surface area contributed by atoms with Gasteiger partial charge in [0.2, 0.25) is 11.7 Å². The SMILES string of the molecule is COc1nccnc1C(=O)c1cc(N)cc(Br)c1. The normalized spacial score (nSPS) is 10.1. The summed E-state index contributed by atoms with van der Waals surface area (Å²) in [7, 11) is 1.44. The first-order chi connectivity index (χ1) is 8.61. The average molecular weight is 308 g/mol. The fraction of sp³-hybridized carbons (Fsp3) is 0.0833. The molecule has 6 heteroatoms. The van der Waals surface area contributed by atoms with Crippen molar-refractivity contribution in [1.82, 2.24) is 9.97 Å². The second-order valence-electron chi connectivity index (χ2n) is 3.52. The van der Waals surface area contributed by atoms with Gasteiger partial charge in [-0.05, 0) is 18.2 Å². The van der Waals surface area contributed by atoms with Crippen molar-refractivity contribution in [3.8, 4) is 5.88 Å². The van der Waals surface area contributed by atoms with Gasteiger partial charge < -0.3 is 10.5 Å². The topological polar surface area (TPSA) is 78.1 Å². The number of carbonyl (C=O) groups excluding carboxylic acids is 1. The molecule has 0 fully saturated rings. The molecular weight excluding hydrogens is 298 g/mol. The number of nitrogens with two attached hydrogens (primary N) is 1. The maximum absolute atomic E-state index is 12.3. The van der Waals surface area contributed by atoms with Crippen LogP contribution in [0.5, 0.6) is 5.88 Å². The monoisotopic (exact) mass is 307 g/mol. The number of carbonyl (C=O) groups is 1. The summed E-state index contributed by atoms with van der Waals surface area (Å²) in [6, 6.07) is 4.97. The summed E-state index contributed by atoms with van der Waals surface area (Å²) in [6.45, 7) is 0. The number of ether oxygens (including phenoxy) is 1. The number of benzene rings is 1. The van der Waals surface area contributed by atoms with Crippen molar-refractivity contribution in [3.05, 3.63) is 46.3 Å². The molecule has 0 atom stereocenters. The predicted molar refractivity (Wildman–Crippen MR) is 70.6 cm³/mol. The third-order valence-corrected chi connectivity index (χ3v) is 2.71. The lowest BCUT2D eigenvalue weighted by Gasteiger charge is -2.06. The quantitative estimate of drug-likeness (QED) is 0.693. The first-order valence-corrected chi connectivity index (χ1v) is 5.87. The van der Waals surface area contributed by atoms with Crippen LogP contribution >= 0.6 is 15.9 Å². The van der Waals surface area contributed by atoms with Crippen molar-refractivity contribution in [2.24, 2.45) is 0 Å². The Kier molecular flexibility index (Phi) is 3.57. The molecule has 2 rings (SSSR count). The minimum atomic E-state index is -0.284. The molecule has 0 radical (unpaired) electrons. The second kappa shape index (κ2) is 5.14. The van der Waals surface area contributed by atoms with Crippen LogP contribution in [0.3, 0.4) is 0 Å². The number of nitrogen functional groups attached to an aromatic ring is 1. The van der Waals surface area contributed by atoms with Crippen LogP contribution < -0.4 is 10.5 Å². The van der Waals surface area contributed by atoms with Crippen LogP contribution in [0.1, 0.15) is 16.1 Å². The molecule has 0 bridgehead atoms. The van der Waals surface area contributed by atoms with Gasteiger partial charge in [-0.3, -0.25) is 4.79 Å². The van der Waals surface area contributed by atoms with E-state index < -0.39 is 0 Å². The third-order valence-electron chi connectivity index (χ3n) is 2.26. The molecule has 1 heterocycles. The van der Waals surface area contributed by atoms with Crippen molar-refractivity contribution in [3.63, 3.8) is 0 Å².